The lowest BCUT2D eigenvalue weighted by atomic mass is 10.1. The first-order valence-electron chi connectivity index (χ1n) is 5.32. The van der Waals surface area contributed by atoms with Gasteiger partial charge in [-0.05, 0) is 12.5 Å². The third-order valence-electron chi connectivity index (χ3n) is 2.32. The van der Waals surface area contributed by atoms with E-state index in [9.17, 15) is 4.79 Å². The van der Waals surface area contributed by atoms with Crippen LogP contribution in [0, 0.1) is 0 Å². The number of unbranched alkanes of at least 4 members (excludes halogenated alkanes) is 2. The van der Waals surface area contributed by atoms with Gasteiger partial charge in [0.1, 0.15) is 12.4 Å². The minimum absolute atomic E-state index is 0.295. The minimum Gasteiger partial charge on any atom is -0.365 e. The summed E-state index contributed by atoms with van der Waals surface area (Å²) >= 11 is 0. The summed E-state index contributed by atoms with van der Waals surface area (Å²) in [5, 5.41) is 0. The molecule has 0 amide bonds. The van der Waals surface area contributed by atoms with Gasteiger partial charge in [0.2, 0.25) is 0 Å². The molecule has 0 N–H and O–H groups in total. The maximum absolute atomic E-state index is 9.95. The number of rotatable bonds is 7. The lowest BCUT2D eigenvalue weighted by Crippen LogP contribution is -1.90. The Bertz CT molecular complexity index is 218. The van der Waals surface area contributed by atoms with Crippen LogP contribution in [-0.2, 0) is 9.53 Å². The zero-order chi connectivity index (χ0) is 10.2. The first kappa shape index (κ1) is 11.2. The average Bonchev–Trinajstić information content (AvgIpc) is 2.92. The van der Waals surface area contributed by atoms with Crippen molar-refractivity contribution in [2.75, 3.05) is 0 Å². The van der Waals surface area contributed by atoms with Crippen LogP contribution in [0.15, 0.2) is 24.3 Å². The largest absolute Gasteiger partial charge is 0.365 e. The summed E-state index contributed by atoms with van der Waals surface area (Å²) in [6, 6.07) is 0. The fourth-order valence-corrected chi connectivity index (χ4v) is 1.44. The second kappa shape index (κ2) is 6.55. The number of epoxide rings is 1. The van der Waals surface area contributed by atoms with Gasteiger partial charge >= 0.3 is 0 Å². The van der Waals surface area contributed by atoms with E-state index in [2.05, 4.69) is 6.92 Å². The SMILES string of the molecule is CCCCC[C@@H]1O[C@H]1C=CC=CC=O. The molecular weight excluding hydrogens is 176 g/mol. The Morgan fingerprint density at radius 2 is 2.07 bits per heavy atom. The molecule has 0 radical (unpaired) electrons. The predicted octanol–water partition coefficient (Wildman–Crippen LogP) is 2.65. The molecule has 0 saturated carbocycles. The molecule has 0 unspecified atom stereocenters. The van der Waals surface area contributed by atoms with E-state index >= 15 is 0 Å². The Labute approximate surface area is 85.6 Å². The molecule has 0 spiro atoms. The van der Waals surface area contributed by atoms with Gasteiger partial charge in [0.15, 0.2) is 0 Å². The second-order valence-corrected chi connectivity index (χ2v) is 3.54. The van der Waals surface area contributed by atoms with Crippen LogP contribution in [0.1, 0.15) is 32.6 Å². The number of allylic oxidation sites excluding steroid dienone is 3. The van der Waals surface area contributed by atoms with Crippen molar-refractivity contribution in [1.82, 2.24) is 0 Å². The summed E-state index contributed by atoms with van der Waals surface area (Å²) in [7, 11) is 0. The summed E-state index contributed by atoms with van der Waals surface area (Å²) in [4.78, 5) is 9.95. The quantitative estimate of drug-likeness (QED) is 0.205. The molecule has 2 heteroatoms. The molecule has 0 bridgehead atoms. The number of hydrogen-bond acceptors (Lipinski definition) is 2. The highest BCUT2D eigenvalue weighted by atomic mass is 16.6. The van der Waals surface area contributed by atoms with Crippen LogP contribution in [0.25, 0.3) is 0 Å². The van der Waals surface area contributed by atoms with E-state index in [1.165, 1.54) is 31.8 Å². The van der Waals surface area contributed by atoms with Gasteiger partial charge in [-0.1, -0.05) is 44.4 Å². The molecular formula is C12H18O2. The van der Waals surface area contributed by atoms with Crippen LogP contribution in [0.3, 0.4) is 0 Å². The van der Waals surface area contributed by atoms with Crippen LogP contribution in [0.4, 0.5) is 0 Å². The highest BCUT2D eigenvalue weighted by Crippen LogP contribution is 2.28. The van der Waals surface area contributed by atoms with Gasteiger partial charge in [-0.3, -0.25) is 4.79 Å². The number of carbonyl (C=O) groups excluding carboxylic acids is 1. The molecule has 1 aliphatic rings. The van der Waals surface area contributed by atoms with E-state index < -0.39 is 0 Å². The van der Waals surface area contributed by atoms with Crippen molar-refractivity contribution in [3.8, 4) is 0 Å². The molecule has 1 aliphatic heterocycles. The van der Waals surface area contributed by atoms with Crippen LogP contribution in [-0.4, -0.2) is 18.5 Å². The monoisotopic (exact) mass is 194 g/mol. The van der Waals surface area contributed by atoms with Gasteiger partial charge in [-0.15, -0.1) is 0 Å². The molecule has 2 atom stereocenters. The van der Waals surface area contributed by atoms with Gasteiger partial charge in [0.25, 0.3) is 0 Å². The van der Waals surface area contributed by atoms with Crippen molar-refractivity contribution >= 4 is 6.29 Å². The summed E-state index contributed by atoms with van der Waals surface area (Å²) in [6.07, 6.45) is 13.6. The molecule has 78 valence electrons. The van der Waals surface area contributed by atoms with Gasteiger partial charge in [-0.2, -0.15) is 0 Å². The maximum atomic E-state index is 9.95. The van der Waals surface area contributed by atoms with Crippen molar-refractivity contribution in [3.05, 3.63) is 24.3 Å². The van der Waals surface area contributed by atoms with Gasteiger partial charge in [-0.25, -0.2) is 0 Å². The van der Waals surface area contributed by atoms with E-state index in [0.29, 0.717) is 12.2 Å². The van der Waals surface area contributed by atoms with Crippen LogP contribution < -0.4 is 0 Å². The van der Waals surface area contributed by atoms with Gasteiger partial charge in [0.05, 0.1) is 6.10 Å². The third kappa shape index (κ3) is 4.38. The van der Waals surface area contributed by atoms with Crippen LogP contribution in [0.5, 0.6) is 0 Å². The fourth-order valence-electron chi connectivity index (χ4n) is 1.44. The maximum Gasteiger partial charge on any atom is 0.142 e. The van der Waals surface area contributed by atoms with Crippen molar-refractivity contribution in [3.63, 3.8) is 0 Å². The zero-order valence-electron chi connectivity index (χ0n) is 8.69. The van der Waals surface area contributed by atoms with Gasteiger partial charge < -0.3 is 4.74 Å². The molecule has 2 nitrogen and oxygen atoms in total. The Hall–Kier alpha value is -0.890. The van der Waals surface area contributed by atoms with E-state index in [1.807, 2.05) is 12.2 Å². The Morgan fingerprint density at radius 1 is 1.21 bits per heavy atom. The molecule has 0 aromatic heterocycles. The number of aldehydes is 1. The van der Waals surface area contributed by atoms with E-state index in [-0.39, 0.29) is 0 Å². The summed E-state index contributed by atoms with van der Waals surface area (Å²) in [6.45, 7) is 2.20. The van der Waals surface area contributed by atoms with Crippen molar-refractivity contribution < 1.29 is 9.53 Å². The highest BCUT2D eigenvalue weighted by Gasteiger charge is 2.35. The van der Waals surface area contributed by atoms with Crippen molar-refractivity contribution in [1.29, 1.82) is 0 Å². The van der Waals surface area contributed by atoms with Crippen LogP contribution in [0.2, 0.25) is 0 Å². The Balaban J connectivity index is 2.04. The number of hydrogen-bond donors (Lipinski definition) is 0. The zero-order valence-corrected chi connectivity index (χ0v) is 8.69. The molecule has 1 fully saturated rings. The number of carbonyl (C=O) groups is 1. The lowest BCUT2D eigenvalue weighted by Gasteiger charge is -1.92. The molecule has 0 aromatic carbocycles. The summed E-state index contributed by atoms with van der Waals surface area (Å²) < 4.78 is 5.43. The summed E-state index contributed by atoms with van der Waals surface area (Å²) in [5.74, 6) is 0. The Morgan fingerprint density at radius 3 is 2.79 bits per heavy atom. The third-order valence-corrected chi connectivity index (χ3v) is 2.32. The smallest absolute Gasteiger partial charge is 0.142 e. The topological polar surface area (TPSA) is 29.6 Å². The normalized spacial score (nSPS) is 26.1. The van der Waals surface area contributed by atoms with E-state index in [4.69, 9.17) is 4.74 Å². The standard InChI is InChI=1S/C12H18O2/c1-2-3-5-8-11-12(14-11)9-6-4-7-10-13/h4,6-7,9-12H,2-3,5,8H2,1H3/t11-,12-/m0/s1. The van der Waals surface area contributed by atoms with Gasteiger partial charge in [0, 0.05) is 0 Å². The number of ether oxygens (including phenoxy) is 1. The molecule has 0 aromatic rings. The van der Waals surface area contributed by atoms with Crippen molar-refractivity contribution in [2.45, 2.75) is 44.8 Å². The van der Waals surface area contributed by atoms with E-state index in [0.717, 1.165) is 6.29 Å². The molecule has 1 heterocycles. The minimum atomic E-state index is 0.295. The summed E-state index contributed by atoms with van der Waals surface area (Å²) in [5.41, 5.74) is 0. The molecule has 14 heavy (non-hydrogen) atoms. The molecule has 1 rings (SSSR count). The average molecular weight is 194 g/mol. The first-order valence-corrected chi connectivity index (χ1v) is 5.32. The first-order chi connectivity index (χ1) is 6.88. The molecule has 1 saturated heterocycles. The Kier molecular flexibility index (Phi) is 5.23. The van der Waals surface area contributed by atoms with Crippen LogP contribution >= 0.6 is 0 Å². The van der Waals surface area contributed by atoms with E-state index in [1.54, 1.807) is 6.08 Å². The highest BCUT2D eigenvalue weighted by molar-refractivity contribution is 5.65. The second-order valence-electron chi connectivity index (χ2n) is 3.54. The predicted molar refractivity (Wildman–Crippen MR) is 57.1 cm³/mol. The molecule has 0 aliphatic carbocycles. The lowest BCUT2D eigenvalue weighted by molar-refractivity contribution is -0.104. The van der Waals surface area contributed by atoms with Crippen molar-refractivity contribution in [2.24, 2.45) is 0 Å². The fraction of sp³-hybridized carbons (Fsp3) is 0.583.